The van der Waals surface area contributed by atoms with E-state index in [1.54, 1.807) is 13.0 Å². The Morgan fingerprint density at radius 3 is 2.60 bits per heavy atom. The molecule has 0 unspecified atom stereocenters. The second-order valence-corrected chi connectivity index (χ2v) is 5.65. The van der Waals surface area contributed by atoms with Crippen molar-refractivity contribution in [2.24, 2.45) is 0 Å². The van der Waals surface area contributed by atoms with Gasteiger partial charge >= 0.3 is 0 Å². The normalized spacial score (nSPS) is 12.1. The van der Waals surface area contributed by atoms with Gasteiger partial charge in [-0.2, -0.15) is 5.26 Å². The monoisotopic (exact) mass is 355 g/mol. The molecule has 0 saturated carbocycles. The lowest BCUT2D eigenvalue weighted by molar-refractivity contribution is -0.384. The zero-order valence-electron chi connectivity index (χ0n) is 13.3. The lowest BCUT2D eigenvalue weighted by atomic mass is 10.1. The summed E-state index contributed by atoms with van der Waals surface area (Å²) in [6.45, 7) is 1.79. The molecule has 0 bridgehead atoms. The van der Waals surface area contributed by atoms with Crippen LogP contribution < -0.4 is 5.32 Å². The van der Waals surface area contributed by atoms with Gasteiger partial charge in [-0.1, -0.05) is 41.9 Å². The molecule has 2 aromatic carbocycles. The average Bonchev–Trinajstić information content (AvgIpc) is 2.61. The van der Waals surface area contributed by atoms with Crippen LogP contribution in [0, 0.1) is 21.4 Å². The van der Waals surface area contributed by atoms with E-state index in [0.29, 0.717) is 0 Å². The third kappa shape index (κ3) is 4.66. The van der Waals surface area contributed by atoms with E-state index >= 15 is 0 Å². The minimum absolute atomic E-state index is 0.175. The molecule has 126 valence electrons. The predicted molar refractivity (Wildman–Crippen MR) is 94.7 cm³/mol. The minimum Gasteiger partial charge on any atom is -0.345 e. The first kappa shape index (κ1) is 18.2. The van der Waals surface area contributed by atoms with E-state index in [2.05, 4.69) is 5.32 Å². The van der Waals surface area contributed by atoms with Crippen LogP contribution in [0.25, 0.3) is 6.08 Å². The number of nitro benzene ring substituents is 1. The van der Waals surface area contributed by atoms with Crippen molar-refractivity contribution in [1.82, 2.24) is 5.32 Å². The Morgan fingerprint density at radius 2 is 2.00 bits per heavy atom. The van der Waals surface area contributed by atoms with E-state index in [-0.39, 0.29) is 27.9 Å². The molecule has 2 rings (SSSR count). The van der Waals surface area contributed by atoms with E-state index in [1.165, 1.54) is 24.3 Å². The Hall–Kier alpha value is -3.17. The molecule has 0 aliphatic carbocycles. The quantitative estimate of drug-likeness (QED) is 0.379. The number of halogens is 1. The molecule has 2 aromatic rings. The third-order valence-corrected chi connectivity index (χ3v) is 3.85. The standard InChI is InChI=1S/C18H14ClN3O3/c1-12(13-5-3-2-4-6-13)21-18(23)15(11-20)9-14-10-16(22(24)25)7-8-17(14)19/h2-10,12H,1H3,(H,21,23)/b15-9-/t12-/m0/s1. The lowest BCUT2D eigenvalue weighted by Crippen LogP contribution is -2.27. The van der Waals surface area contributed by atoms with Crippen molar-refractivity contribution < 1.29 is 9.72 Å². The first-order valence-corrected chi connectivity index (χ1v) is 7.71. The maximum absolute atomic E-state index is 12.3. The first-order valence-electron chi connectivity index (χ1n) is 7.34. The number of non-ortho nitro benzene ring substituents is 1. The number of nitro groups is 1. The number of nitriles is 1. The minimum atomic E-state index is -0.582. The van der Waals surface area contributed by atoms with Gasteiger partial charge in [0.25, 0.3) is 11.6 Å². The van der Waals surface area contributed by atoms with Crippen LogP contribution in [0.1, 0.15) is 24.1 Å². The van der Waals surface area contributed by atoms with E-state index in [4.69, 9.17) is 11.6 Å². The van der Waals surface area contributed by atoms with Crippen molar-refractivity contribution in [3.63, 3.8) is 0 Å². The molecule has 1 N–H and O–H groups in total. The fourth-order valence-corrected chi connectivity index (χ4v) is 2.33. The molecular weight excluding hydrogens is 342 g/mol. The molecule has 0 radical (unpaired) electrons. The van der Waals surface area contributed by atoms with E-state index in [1.807, 2.05) is 30.3 Å². The first-order chi connectivity index (χ1) is 11.9. The summed E-state index contributed by atoms with van der Waals surface area (Å²) in [5.74, 6) is -0.582. The second kappa shape index (κ2) is 8.08. The van der Waals surface area contributed by atoms with E-state index in [0.717, 1.165) is 5.56 Å². The topological polar surface area (TPSA) is 96.0 Å². The Balaban J connectivity index is 2.26. The highest BCUT2D eigenvalue weighted by atomic mass is 35.5. The van der Waals surface area contributed by atoms with Gasteiger partial charge in [0.05, 0.1) is 11.0 Å². The molecular formula is C18H14ClN3O3. The largest absolute Gasteiger partial charge is 0.345 e. The van der Waals surface area contributed by atoms with Gasteiger partial charge in [0.1, 0.15) is 11.6 Å². The van der Waals surface area contributed by atoms with E-state index < -0.39 is 10.8 Å². The Labute approximate surface area is 149 Å². The molecule has 0 aliphatic rings. The number of amides is 1. The molecule has 0 aromatic heterocycles. The van der Waals surface area contributed by atoms with Crippen LogP contribution in [0.5, 0.6) is 0 Å². The van der Waals surface area contributed by atoms with Crippen LogP contribution in [-0.4, -0.2) is 10.8 Å². The van der Waals surface area contributed by atoms with Crippen LogP contribution in [0.3, 0.4) is 0 Å². The summed E-state index contributed by atoms with van der Waals surface area (Å²) in [7, 11) is 0. The zero-order valence-corrected chi connectivity index (χ0v) is 14.0. The summed E-state index contributed by atoms with van der Waals surface area (Å²) in [5.41, 5.74) is 0.757. The van der Waals surface area contributed by atoms with Gasteiger partial charge in [-0.3, -0.25) is 14.9 Å². The van der Waals surface area contributed by atoms with Crippen molar-refractivity contribution >= 4 is 29.3 Å². The molecule has 0 fully saturated rings. The zero-order chi connectivity index (χ0) is 18.4. The van der Waals surface area contributed by atoms with Crippen LogP contribution in [0.15, 0.2) is 54.1 Å². The lowest BCUT2D eigenvalue weighted by Gasteiger charge is -2.13. The number of carbonyl (C=O) groups is 1. The molecule has 0 heterocycles. The van der Waals surface area contributed by atoms with Gasteiger partial charge in [0.2, 0.25) is 0 Å². The Bertz CT molecular complexity index is 873. The fourth-order valence-electron chi connectivity index (χ4n) is 2.16. The number of hydrogen-bond donors (Lipinski definition) is 1. The van der Waals surface area contributed by atoms with Gasteiger partial charge in [0.15, 0.2) is 0 Å². The van der Waals surface area contributed by atoms with Crippen molar-refractivity contribution in [2.45, 2.75) is 13.0 Å². The highest BCUT2D eigenvalue weighted by Gasteiger charge is 2.15. The molecule has 1 amide bonds. The number of nitrogens with zero attached hydrogens (tertiary/aromatic N) is 2. The molecule has 6 nitrogen and oxygen atoms in total. The smallest absolute Gasteiger partial charge is 0.270 e. The van der Waals surface area contributed by atoms with Crippen LogP contribution in [0.2, 0.25) is 5.02 Å². The van der Waals surface area contributed by atoms with E-state index in [9.17, 15) is 20.2 Å². The highest BCUT2D eigenvalue weighted by Crippen LogP contribution is 2.24. The molecule has 0 aliphatic heterocycles. The van der Waals surface area contributed by atoms with Gasteiger partial charge in [0, 0.05) is 22.7 Å². The van der Waals surface area contributed by atoms with Crippen LogP contribution >= 0.6 is 11.6 Å². The van der Waals surface area contributed by atoms with Crippen LogP contribution in [0.4, 0.5) is 5.69 Å². The van der Waals surface area contributed by atoms with Crippen molar-refractivity contribution in [3.8, 4) is 6.07 Å². The summed E-state index contributed by atoms with van der Waals surface area (Å²) in [6, 6.07) is 14.6. The molecule has 25 heavy (non-hydrogen) atoms. The fraction of sp³-hybridized carbons (Fsp3) is 0.111. The number of nitrogens with one attached hydrogen (secondary N) is 1. The molecule has 7 heteroatoms. The predicted octanol–water partition coefficient (Wildman–Crippen LogP) is 4.03. The summed E-state index contributed by atoms with van der Waals surface area (Å²) in [5, 5.41) is 23.0. The number of hydrogen-bond acceptors (Lipinski definition) is 4. The summed E-state index contributed by atoms with van der Waals surface area (Å²) in [4.78, 5) is 22.6. The molecule has 0 spiro atoms. The molecule has 1 atom stereocenters. The summed E-state index contributed by atoms with van der Waals surface area (Å²) < 4.78 is 0. The number of carbonyl (C=O) groups excluding carboxylic acids is 1. The van der Waals surface area contributed by atoms with Crippen molar-refractivity contribution in [3.05, 3.63) is 80.4 Å². The summed E-state index contributed by atoms with van der Waals surface area (Å²) in [6.07, 6.45) is 1.24. The second-order valence-electron chi connectivity index (χ2n) is 5.24. The highest BCUT2D eigenvalue weighted by molar-refractivity contribution is 6.32. The number of benzene rings is 2. The van der Waals surface area contributed by atoms with Crippen molar-refractivity contribution in [2.75, 3.05) is 0 Å². The average molecular weight is 356 g/mol. The maximum Gasteiger partial charge on any atom is 0.270 e. The Morgan fingerprint density at radius 1 is 1.32 bits per heavy atom. The summed E-state index contributed by atoms with van der Waals surface area (Å²) >= 11 is 6.00. The van der Waals surface area contributed by atoms with Gasteiger partial charge in [-0.05, 0) is 24.6 Å². The molecule has 0 saturated heterocycles. The van der Waals surface area contributed by atoms with Crippen LogP contribution in [-0.2, 0) is 4.79 Å². The van der Waals surface area contributed by atoms with Gasteiger partial charge < -0.3 is 5.32 Å². The number of rotatable bonds is 5. The third-order valence-electron chi connectivity index (χ3n) is 3.50. The van der Waals surface area contributed by atoms with Gasteiger partial charge in [-0.15, -0.1) is 0 Å². The SMILES string of the molecule is C[C@H](NC(=O)/C(C#N)=C\c1cc([N+](=O)[O-])ccc1Cl)c1ccccc1. The van der Waals surface area contributed by atoms with Crippen molar-refractivity contribution in [1.29, 1.82) is 5.26 Å². The van der Waals surface area contributed by atoms with Gasteiger partial charge in [-0.25, -0.2) is 0 Å². The maximum atomic E-state index is 12.3. The Kier molecular flexibility index (Phi) is 5.88.